The van der Waals surface area contributed by atoms with Gasteiger partial charge in [-0.3, -0.25) is 0 Å². The van der Waals surface area contributed by atoms with Gasteiger partial charge in [-0.05, 0) is 44.8 Å². The van der Waals surface area contributed by atoms with Gasteiger partial charge in [-0.2, -0.15) is 4.31 Å². The monoisotopic (exact) mass is 361 g/mol. The Morgan fingerprint density at radius 3 is 2.26 bits per heavy atom. The minimum atomic E-state index is -3.76. The van der Waals surface area contributed by atoms with Gasteiger partial charge in [0.25, 0.3) is 0 Å². The van der Waals surface area contributed by atoms with Gasteiger partial charge in [-0.1, -0.05) is 0 Å². The molecule has 23 heavy (non-hydrogen) atoms. The summed E-state index contributed by atoms with van der Waals surface area (Å²) in [7, 11) is -3.24. The van der Waals surface area contributed by atoms with Crippen LogP contribution in [-0.4, -0.2) is 70.8 Å². The first-order valence-corrected chi connectivity index (χ1v) is 10.6. The fraction of sp³-hybridized carbons (Fsp3) is 0.571. The third-order valence-corrected chi connectivity index (χ3v) is 7.59. The molecule has 1 fully saturated rings. The molecule has 0 saturated carbocycles. The summed E-state index contributed by atoms with van der Waals surface area (Å²) in [5.41, 5.74) is 6.09. The summed E-state index contributed by atoms with van der Waals surface area (Å²) in [5, 5.41) is 0. The number of anilines is 1. The third-order valence-electron chi connectivity index (χ3n) is 3.87. The summed E-state index contributed by atoms with van der Waals surface area (Å²) in [6.07, 6.45) is 0.337. The Bertz CT molecular complexity index is 743. The molecule has 7 nitrogen and oxygen atoms in total. The van der Waals surface area contributed by atoms with Crippen LogP contribution in [0.25, 0.3) is 0 Å². The van der Waals surface area contributed by atoms with E-state index >= 15 is 0 Å². The molecule has 0 aromatic heterocycles. The Morgan fingerprint density at radius 2 is 1.78 bits per heavy atom. The number of sulfone groups is 1. The highest BCUT2D eigenvalue weighted by molar-refractivity contribution is 7.92. The molecule has 130 valence electrons. The molecule has 0 bridgehead atoms. The number of nitrogens with two attached hydrogens (primary N) is 1. The number of nitrogens with zero attached hydrogens (tertiary/aromatic N) is 2. The molecule has 0 aliphatic carbocycles. The van der Waals surface area contributed by atoms with Gasteiger partial charge in [-0.15, -0.1) is 0 Å². The molecular formula is C14H23N3O4S2. The zero-order chi connectivity index (χ0) is 17.3. The first kappa shape index (κ1) is 18.2. The molecule has 0 spiro atoms. The van der Waals surface area contributed by atoms with Gasteiger partial charge in [0, 0.05) is 24.8 Å². The zero-order valence-corrected chi connectivity index (χ0v) is 15.0. The van der Waals surface area contributed by atoms with Crippen LogP contribution in [0.4, 0.5) is 5.69 Å². The van der Waals surface area contributed by atoms with Crippen LogP contribution in [-0.2, 0) is 19.9 Å². The van der Waals surface area contributed by atoms with Crippen LogP contribution in [0.15, 0.2) is 29.2 Å². The maximum absolute atomic E-state index is 12.9. The standard InChI is InChI=1S/C14H23N3O4S2/c1-16(2)8-9-17(13-7-10-22(18,19)11-13)23(20,21)14-5-3-12(15)4-6-14/h3-6,13H,7-11,15H2,1-2H3. The lowest BCUT2D eigenvalue weighted by molar-refractivity contribution is 0.293. The van der Waals surface area contributed by atoms with E-state index in [1.165, 1.54) is 28.6 Å². The quantitative estimate of drug-likeness (QED) is 0.716. The van der Waals surface area contributed by atoms with E-state index in [1.807, 2.05) is 19.0 Å². The van der Waals surface area contributed by atoms with Crippen molar-refractivity contribution in [3.8, 4) is 0 Å². The minimum absolute atomic E-state index is 0.0351. The van der Waals surface area contributed by atoms with Crippen LogP contribution in [0, 0.1) is 0 Å². The van der Waals surface area contributed by atoms with Crippen molar-refractivity contribution < 1.29 is 16.8 Å². The van der Waals surface area contributed by atoms with Crippen molar-refractivity contribution in [2.75, 3.05) is 44.4 Å². The van der Waals surface area contributed by atoms with Crippen molar-refractivity contribution in [2.24, 2.45) is 0 Å². The molecule has 9 heteroatoms. The minimum Gasteiger partial charge on any atom is -0.399 e. The van der Waals surface area contributed by atoms with Crippen LogP contribution in [0.5, 0.6) is 0 Å². The molecular weight excluding hydrogens is 338 g/mol. The number of hydrogen-bond donors (Lipinski definition) is 1. The van der Waals surface area contributed by atoms with Crippen molar-refractivity contribution in [1.82, 2.24) is 9.21 Å². The summed E-state index contributed by atoms with van der Waals surface area (Å²) in [6.45, 7) is 0.768. The molecule has 1 aromatic carbocycles. The van der Waals surface area contributed by atoms with Gasteiger partial charge in [-0.25, -0.2) is 16.8 Å². The summed E-state index contributed by atoms with van der Waals surface area (Å²) >= 11 is 0. The third kappa shape index (κ3) is 4.43. The Morgan fingerprint density at radius 1 is 1.17 bits per heavy atom. The Labute approximate surface area is 138 Å². The van der Waals surface area contributed by atoms with Gasteiger partial charge in [0.15, 0.2) is 9.84 Å². The Hall–Kier alpha value is -1.16. The number of rotatable bonds is 6. The van der Waals surface area contributed by atoms with Gasteiger partial charge in [0.2, 0.25) is 10.0 Å². The van der Waals surface area contributed by atoms with Crippen molar-refractivity contribution in [3.05, 3.63) is 24.3 Å². The highest BCUT2D eigenvalue weighted by Gasteiger charge is 2.38. The average Bonchev–Trinajstić information content (AvgIpc) is 2.79. The molecule has 1 unspecified atom stereocenters. The Kier molecular flexibility index (Phi) is 5.34. The van der Waals surface area contributed by atoms with Crippen LogP contribution >= 0.6 is 0 Å². The summed E-state index contributed by atoms with van der Waals surface area (Å²) in [4.78, 5) is 2.00. The van der Waals surface area contributed by atoms with Crippen LogP contribution in [0.2, 0.25) is 0 Å². The molecule has 1 aromatic rings. The molecule has 1 aliphatic rings. The molecule has 2 rings (SSSR count). The highest BCUT2D eigenvalue weighted by Crippen LogP contribution is 2.25. The van der Waals surface area contributed by atoms with Gasteiger partial charge in [0.1, 0.15) is 0 Å². The molecule has 1 atom stereocenters. The zero-order valence-electron chi connectivity index (χ0n) is 13.3. The van der Waals surface area contributed by atoms with E-state index in [0.717, 1.165) is 0 Å². The molecule has 1 heterocycles. The second-order valence-electron chi connectivity index (χ2n) is 6.04. The normalized spacial score (nSPS) is 21.1. The average molecular weight is 361 g/mol. The van der Waals surface area contributed by atoms with Gasteiger partial charge < -0.3 is 10.6 Å². The van der Waals surface area contributed by atoms with Crippen molar-refractivity contribution in [2.45, 2.75) is 17.4 Å². The SMILES string of the molecule is CN(C)CCN(C1CCS(=O)(=O)C1)S(=O)(=O)c1ccc(N)cc1. The smallest absolute Gasteiger partial charge is 0.243 e. The van der Waals surface area contributed by atoms with E-state index in [2.05, 4.69) is 0 Å². The van der Waals surface area contributed by atoms with Crippen LogP contribution < -0.4 is 5.73 Å². The molecule has 2 N–H and O–H groups in total. The first-order chi connectivity index (χ1) is 10.6. The summed E-state index contributed by atoms with van der Waals surface area (Å²) < 4.78 is 50.7. The predicted octanol–water partition coefficient (Wildman–Crippen LogP) is 0.00820. The van der Waals surface area contributed by atoms with E-state index in [4.69, 9.17) is 5.73 Å². The number of nitrogen functional groups attached to an aromatic ring is 1. The lowest BCUT2D eigenvalue weighted by Crippen LogP contribution is -2.44. The number of benzene rings is 1. The fourth-order valence-corrected chi connectivity index (χ4v) is 6.05. The van der Waals surface area contributed by atoms with Crippen molar-refractivity contribution in [3.63, 3.8) is 0 Å². The van der Waals surface area contributed by atoms with Gasteiger partial charge >= 0.3 is 0 Å². The van der Waals surface area contributed by atoms with Crippen LogP contribution in [0.3, 0.4) is 0 Å². The summed E-state index contributed by atoms with van der Waals surface area (Å²) in [6, 6.07) is 5.46. The summed E-state index contributed by atoms with van der Waals surface area (Å²) in [5.74, 6) is -0.0813. The van der Waals surface area contributed by atoms with E-state index in [9.17, 15) is 16.8 Å². The van der Waals surface area contributed by atoms with E-state index < -0.39 is 25.9 Å². The lowest BCUT2D eigenvalue weighted by atomic mass is 10.2. The number of likely N-dealkylation sites (N-methyl/N-ethyl adjacent to an activating group) is 1. The molecule has 1 aliphatic heterocycles. The number of hydrogen-bond acceptors (Lipinski definition) is 6. The second-order valence-corrected chi connectivity index (χ2v) is 10.2. The van der Waals surface area contributed by atoms with E-state index in [-0.39, 0.29) is 22.9 Å². The molecule has 1 saturated heterocycles. The Balaban J connectivity index is 2.33. The van der Waals surface area contributed by atoms with Crippen molar-refractivity contribution >= 4 is 25.5 Å². The second kappa shape index (κ2) is 6.76. The maximum atomic E-state index is 12.9. The number of sulfonamides is 1. The van der Waals surface area contributed by atoms with Crippen molar-refractivity contribution in [1.29, 1.82) is 0 Å². The predicted molar refractivity (Wildman–Crippen MR) is 90.4 cm³/mol. The largest absolute Gasteiger partial charge is 0.399 e. The first-order valence-electron chi connectivity index (χ1n) is 7.34. The molecule has 0 amide bonds. The maximum Gasteiger partial charge on any atom is 0.243 e. The van der Waals surface area contributed by atoms with E-state index in [0.29, 0.717) is 18.7 Å². The van der Waals surface area contributed by atoms with Gasteiger partial charge in [0.05, 0.1) is 16.4 Å². The fourth-order valence-electron chi connectivity index (χ4n) is 2.58. The highest BCUT2D eigenvalue weighted by atomic mass is 32.2. The molecule has 0 radical (unpaired) electrons. The van der Waals surface area contributed by atoms with Crippen LogP contribution in [0.1, 0.15) is 6.42 Å². The topological polar surface area (TPSA) is 101 Å². The lowest BCUT2D eigenvalue weighted by Gasteiger charge is -2.28. The van der Waals surface area contributed by atoms with E-state index in [1.54, 1.807) is 0 Å².